The smallest absolute Gasteiger partial charge is 0.119 e. The number of fused-ring (bicyclic) bond motifs is 3. The zero-order chi connectivity index (χ0) is 10.4. The van der Waals surface area contributed by atoms with Gasteiger partial charge in [-0.05, 0) is 43.0 Å². The van der Waals surface area contributed by atoms with Gasteiger partial charge in [0.05, 0.1) is 0 Å². The lowest BCUT2D eigenvalue weighted by atomic mass is 9.77. The number of likely N-dealkylation sites (N-methyl/N-ethyl adjacent to an activating group) is 1. The summed E-state index contributed by atoms with van der Waals surface area (Å²) >= 11 is 0. The van der Waals surface area contributed by atoms with E-state index in [9.17, 15) is 5.11 Å². The van der Waals surface area contributed by atoms with Gasteiger partial charge in [-0.2, -0.15) is 0 Å². The Bertz CT molecular complexity index is 388. The average Bonchev–Trinajstić information content (AvgIpc) is 2.59. The van der Waals surface area contributed by atoms with Crippen molar-refractivity contribution in [3.63, 3.8) is 0 Å². The number of aromatic hydroxyl groups is 1. The van der Waals surface area contributed by atoms with Crippen molar-refractivity contribution in [1.82, 2.24) is 4.90 Å². The van der Waals surface area contributed by atoms with E-state index in [0.29, 0.717) is 11.7 Å². The van der Waals surface area contributed by atoms with Crippen molar-refractivity contribution < 1.29 is 5.11 Å². The summed E-state index contributed by atoms with van der Waals surface area (Å²) in [5.74, 6) is 1.97. The van der Waals surface area contributed by atoms with Gasteiger partial charge in [0.15, 0.2) is 0 Å². The van der Waals surface area contributed by atoms with Crippen molar-refractivity contribution >= 4 is 0 Å². The third kappa shape index (κ3) is 1.36. The highest BCUT2D eigenvalue weighted by atomic mass is 16.3. The second-order valence-electron chi connectivity index (χ2n) is 4.97. The Hall–Kier alpha value is -1.02. The van der Waals surface area contributed by atoms with Crippen LogP contribution in [0.25, 0.3) is 0 Å². The highest BCUT2D eigenvalue weighted by Gasteiger charge is 2.36. The molecule has 1 heterocycles. The van der Waals surface area contributed by atoms with Gasteiger partial charge in [-0.3, -0.25) is 0 Å². The van der Waals surface area contributed by atoms with Crippen LogP contribution in [-0.4, -0.2) is 30.1 Å². The quantitative estimate of drug-likeness (QED) is 0.697. The first kappa shape index (κ1) is 9.22. The van der Waals surface area contributed by atoms with Crippen LogP contribution in [0.15, 0.2) is 18.2 Å². The zero-order valence-corrected chi connectivity index (χ0v) is 9.11. The molecule has 1 fully saturated rings. The summed E-state index contributed by atoms with van der Waals surface area (Å²) in [6, 6.07) is 6.00. The van der Waals surface area contributed by atoms with Crippen LogP contribution in [0.3, 0.4) is 0 Å². The minimum atomic E-state index is 0.500. The fourth-order valence-electron chi connectivity index (χ4n) is 3.27. The zero-order valence-electron chi connectivity index (χ0n) is 9.11. The largest absolute Gasteiger partial charge is 0.508 e. The highest BCUT2D eigenvalue weighted by Crippen LogP contribution is 2.43. The van der Waals surface area contributed by atoms with Gasteiger partial charge in [-0.25, -0.2) is 0 Å². The summed E-state index contributed by atoms with van der Waals surface area (Å²) in [6.45, 7) is 2.38. The molecule has 0 amide bonds. The fourth-order valence-corrected chi connectivity index (χ4v) is 3.27. The van der Waals surface area contributed by atoms with Crippen LogP contribution in [0, 0.1) is 5.92 Å². The average molecular weight is 203 g/mol. The molecular formula is C13H17NO. The van der Waals surface area contributed by atoms with Crippen molar-refractivity contribution in [3.8, 4) is 5.75 Å². The topological polar surface area (TPSA) is 23.5 Å². The molecule has 0 bridgehead atoms. The van der Waals surface area contributed by atoms with E-state index in [-0.39, 0.29) is 0 Å². The number of rotatable bonds is 0. The van der Waals surface area contributed by atoms with Gasteiger partial charge in [0, 0.05) is 19.0 Å². The molecule has 2 atom stereocenters. The Balaban J connectivity index is 2.05. The van der Waals surface area contributed by atoms with E-state index in [0.717, 1.165) is 18.9 Å². The molecule has 0 aromatic heterocycles. The molecule has 1 aromatic rings. The molecule has 15 heavy (non-hydrogen) atoms. The first-order valence-corrected chi connectivity index (χ1v) is 5.75. The number of hydrogen-bond acceptors (Lipinski definition) is 2. The van der Waals surface area contributed by atoms with Crippen molar-refractivity contribution in [3.05, 3.63) is 29.3 Å². The number of likely N-dealkylation sites (tertiary alicyclic amines) is 1. The fraction of sp³-hybridized carbons (Fsp3) is 0.538. The van der Waals surface area contributed by atoms with E-state index in [2.05, 4.69) is 18.0 Å². The van der Waals surface area contributed by atoms with Crippen LogP contribution >= 0.6 is 0 Å². The molecule has 3 rings (SSSR count). The van der Waals surface area contributed by atoms with E-state index in [1.807, 2.05) is 12.1 Å². The van der Waals surface area contributed by atoms with Crippen molar-refractivity contribution in [1.29, 1.82) is 0 Å². The van der Waals surface area contributed by atoms with E-state index in [1.54, 1.807) is 0 Å². The van der Waals surface area contributed by atoms with Gasteiger partial charge < -0.3 is 10.0 Å². The highest BCUT2D eigenvalue weighted by molar-refractivity contribution is 5.43. The summed E-state index contributed by atoms with van der Waals surface area (Å²) in [5.41, 5.74) is 2.60. The van der Waals surface area contributed by atoms with Crippen LogP contribution in [0.1, 0.15) is 23.5 Å². The Kier molecular flexibility index (Phi) is 1.99. The maximum atomic E-state index is 9.83. The standard InChI is InChI=1S/C13H17NO/c1-14-7-9-5-6-11-10(12(9)8-14)3-2-4-13(11)15/h2-4,9,12,15H,5-8H2,1H3. The maximum Gasteiger partial charge on any atom is 0.119 e. The Labute approximate surface area is 90.5 Å². The number of phenolic OH excluding ortho intramolecular Hbond substituents is 1. The molecule has 0 radical (unpaired) electrons. The predicted octanol–water partition coefficient (Wildman–Crippen LogP) is 1.98. The molecule has 2 heteroatoms. The SMILES string of the molecule is CN1CC2CCc3c(O)cccc3C2C1. The van der Waals surface area contributed by atoms with Gasteiger partial charge in [-0.1, -0.05) is 12.1 Å². The van der Waals surface area contributed by atoms with E-state index >= 15 is 0 Å². The summed E-state index contributed by atoms with van der Waals surface area (Å²) in [6.07, 6.45) is 2.29. The van der Waals surface area contributed by atoms with Gasteiger partial charge in [0.1, 0.15) is 5.75 Å². The molecule has 1 N–H and O–H groups in total. The lowest BCUT2D eigenvalue weighted by Crippen LogP contribution is -2.18. The molecule has 1 aliphatic heterocycles. The van der Waals surface area contributed by atoms with Crippen LogP contribution < -0.4 is 0 Å². The first-order chi connectivity index (χ1) is 7.25. The summed E-state index contributed by atoms with van der Waals surface area (Å²) in [4.78, 5) is 2.41. The van der Waals surface area contributed by atoms with E-state index < -0.39 is 0 Å². The van der Waals surface area contributed by atoms with E-state index in [1.165, 1.54) is 24.1 Å². The maximum absolute atomic E-state index is 9.83. The Morgan fingerprint density at radius 1 is 1.33 bits per heavy atom. The van der Waals surface area contributed by atoms with E-state index in [4.69, 9.17) is 0 Å². The third-order valence-corrected chi connectivity index (χ3v) is 3.98. The molecule has 1 saturated heterocycles. The minimum Gasteiger partial charge on any atom is -0.508 e. The van der Waals surface area contributed by atoms with Gasteiger partial charge in [0.25, 0.3) is 0 Å². The summed E-state index contributed by atoms with van der Waals surface area (Å²) in [5, 5.41) is 9.83. The number of phenols is 1. The van der Waals surface area contributed by atoms with Crippen LogP contribution in [0.4, 0.5) is 0 Å². The predicted molar refractivity (Wildman–Crippen MR) is 60.2 cm³/mol. The molecule has 80 valence electrons. The van der Waals surface area contributed by atoms with Crippen LogP contribution in [-0.2, 0) is 6.42 Å². The summed E-state index contributed by atoms with van der Waals surface area (Å²) in [7, 11) is 2.20. The lowest BCUT2D eigenvalue weighted by Gasteiger charge is -2.27. The molecule has 1 aliphatic carbocycles. The second kappa shape index (κ2) is 3.24. The van der Waals surface area contributed by atoms with Crippen molar-refractivity contribution in [2.75, 3.05) is 20.1 Å². The number of nitrogens with zero attached hydrogens (tertiary/aromatic N) is 1. The molecule has 0 saturated carbocycles. The molecule has 0 spiro atoms. The van der Waals surface area contributed by atoms with Gasteiger partial charge >= 0.3 is 0 Å². The summed E-state index contributed by atoms with van der Waals surface area (Å²) < 4.78 is 0. The number of hydrogen-bond donors (Lipinski definition) is 1. The van der Waals surface area contributed by atoms with Gasteiger partial charge in [0.2, 0.25) is 0 Å². The van der Waals surface area contributed by atoms with Crippen LogP contribution in [0.2, 0.25) is 0 Å². The first-order valence-electron chi connectivity index (χ1n) is 5.75. The lowest BCUT2D eigenvalue weighted by molar-refractivity contribution is 0.384. The second-order valence-corrected chi connectivity index (χ2v) is 4.97. The van der Waals surface area contributed by atoms with Gasteiger partial charge in [-0.15, -0.1) is 0 Å². The molecule has 2 aliphatic rings. The molecule has 1 aromatic carbocycles. The van der Waals surface area contributed by atoms with Crippen molar-refractivity contribution in [2.24, 2.45) is 5.92 Å². The monoisotopic (exact) mass is 203 g/mol. The molecule has 2 unspecified atom stereocenters. The number of benzene rings is 1. The molecule has 2 nitrogen and oxygen atoms in total. The van der Waals surface area contributed by atoms with Crippen molar-refractivity contribution in [2.45, 2.75) is 18.8 Å². The normalized spacial score (nSPS) is 29.9. The minimum absolute atomic E-state index is 0.500. The van der Waals surface area contributed by atoms with Crippen LogP contribution in [0.5, 0.6) is 5.75 Å². The molecular weight excluding hydrogens is 186 g/mol. The third-order valence-electron chi connectivity index (χ3n) is 3.98. The Morgan fingerprint density at radius 3 is 3.07 bits per heavy atom. The Morgan fingerprint density at radius 2 is 2.20 bits per heavy atom.